The molecule has 0 fully saturated rings. The van der Waals surface area contributed by atoms with E-state index in [1.807, 2.05) is 19.9 Å². The molecule has 3 rings (SSSR count). The molecular formula is C16H18ClN3O2. The largest absolute Gasteiger partial charge is 0.495 e. The molecule has 1 aliphatic heterocycles. The smallest absolute Gasteiger partial charge is 0.323 e. The summed E-state index contributed by atoms with van der Waals surface area (Å²) >= 11 is 6.16. The number of amides is 2. The molecular weight excluding hydrogens is 302 g/mol. The molecule has 1 aromatic carbocycles. The highest BCUT2D eigenvalue weighted by Gasteiger charge is 2.27. The van der Waals surface area contributed by atoms with Crippen molar-refractivity contribution in [2.75, 3.05) is 18.6 Å². The van der Waals surface area contributed by atoms with E-state index in [9.17, 15) is 4.79 Å². The lowest BCUT2D eigenvalue weighted by atomic mass is 10.1. The van der Waals surface area contributed by atoms with Gasteiger partial charge in [-0.3, -0.25) is 4.90 Å². The number of rotatable bonds is 2. The van der Waals surface area contributed by atoms with Crippen molar-refractivity contribution in [3.63, 3.8) is 0 Å². The molecule has 5 nitrogen and oxygen atoms in total. The van der Waals surface area contributed by atoms with Gasteiger partial charge >= 0.3 is 6.03 Å². The zero-order valence-corrected chi connectivity index (χ0v) is 13.6. The Labute approximate surface area is 134 Å². The number of urea groups is 1. The highest BCUT2D eigenvalue weighted by Crippen LogP contribution is 2.34. The number of carbonyl (C=O) groups excluding carboxylic acids is 1. The minimum atomic E-state index is -0.111. The lowest BCUT2D eigenvalue weighted by Crippen LogP contribution is -2.42. The minimum Gasteiger partial charge on any atom is -0.495 e. The highest BCUT2D eigenvalue weighted by molar-refractivity contribution is 6.32. The second-order valence-corrected chi connectivity index (χ2v) is 6.06. The average molecular weight is 320 g/mol. The number of halogens is 1. The van der Waals surface area contributed by atoms with Crippen LogP contribution in [0.3, 0.4) is 0 Å². The number of fused-ring (bicyclic) bond motifs is 2. The number of aromatic nitrogens is 1. The molecule has 116 valence electrons. The summed E-state index contributed by atoms with van der Waals surface area (Å²) in [5, 5.41) is 4.38. The van der Waals surface area contributed by atoms with E-state index >= 15 is 0 Å². The number of ether oxygens (including phenoxy) is 1. The Morgan fingerprint density at radius 2 is 2.18 bits per heavy atom. The third-order valence-electron chi connectivity index (χ3n) is 3.66. The Morgan fingerprint density at radius 1 is 1.41 bits per heavy atom. The summed E-state index contributed by atoms with van der Waals surface area (Å²) in [4.78, 5) is 18.6. The quantitative estimate of drug-likeness (QED) is 0.923. The number of anilines is 1. The number of pyridine rings is 1. The SMILES string of the molecule is COc1cc2cc3c(nc2cc1Cl)N(C(=O)NC(C)C)CC3. The van der Waals surface area contributed by atoms with Gasteiger partial charge in [-0.05, 0) is 44.0 Å². The summed E-state index contributed by atoms with van der Waals surface area (Å²) in [5.74, 6) is 1.34. The average Bonchev–Trinajstić information content (AvgIpc) is 2.86. The molecule has 0 bridgehead atoms. The molecule has 2 amide bonds. The van der Waals surface area contributed by atoms with Crippen molar-refractivity contribution in [3.05, 3.63) is 28.8 Å². The minimum absolute atomic E-state index is 0.0933. The summed E-state index contributed by atoms with van der Waals surface area (Å²) in [6.07, 6.45) is 0.800. The molecule has 0 aliphatic carbocycles. The molecule has 0 saturated carbocycles. The van der Waals surface area contributed by atoms with Gasteiger partial charge in [0.15, 0.2) is 0 Å². The molecule has 1 aromatic heterocycles. The lowest BCUT2D eigenvalue weighted by molar-refractivity contribution is 0.244. The van der Waals surface area contributed by atoms with Crippen LogP contribution in [-0.2, 0) is 6.42 Å². The van der Waals surface area contributed by atoms with Gasteiger partial charge in [0.2, 0.25) is 0 Å². The van der Waals surface area contributed by atoms with Crippen LogP contribution < -0.4 is 15.0 Å². The molecule has 6 heteroatoms. The predicted octanol–water partition coefficient (Wildman–Crippen LogP) is 3.38. The van der Waals surface area contributed by atoms with Crippen molar-refractivity contribution < 1.29 is 9.53 Å². The summed E-state index contributed by atoms with van der Waals surface area (Å²) < 4.78 is 5.24. The Bertz CT molecular complexity index is 746. The number of carbonyl (C=O) groups is 1. The van der Waals surface area contributed by atoms with E-state index in [2.05, 4.69) is 16.4 Å². The van der Waals surface area contributed by atoms with Gasteiger partial charge in [0.25, 0.3) is 0 Å². The van der Waals surface area contributed by atoms with Crippen LogP contribution in [0.15, 0.2) is 18.2 Å². The fraction of sp³-hybridized carbons (Fsp3) is 0.375. The van der Waals surface area contributed by atoms with E-state index in [0.29, 0.717) is 23.1 Å². The summed E-state index contributed by atoms with van der Waals surface area (Å²) in [5.41, 5.74) is 1.82. The molecule has 0 unspecified atom stereocenters. The zero-order valence-electron chi connectivity index (χ0n) is 12.8. The summed E-state index contributed by atoms with van der Waals surface area (Å²) in [6.45, 7) is 4.52. The van der Waals surface area contributed by atoms with Crippen LogP contribution >= 0.6 is 11.6 Å². The fourth-order valence-electron chi connectivity index (χ4n) is 2.64. The first-order chi connectivity index (χ1) is 10.5. The second-order valence-electron chi connectivity index (χ2n) is 5.66. The molecule has 0 saturated heterocycles. The van der Waals surface area contributed by atoms with Crippen molar-refractivity contribution in [2.24, 2.45) is 0 Å². The Balaban J connectivity index is 2.03. The van der Waals surface area contributed by atoms with Crippen molar-refractivity contribution in [1.29, 1.82) is 0 Å². The molecule has 2 aromatic rings. The molecule has 0 radical (unpaired) electrons. The number of methoxy groups -OCH3 is 1. The normalized spacial score (nSPS) is 13.6. The Kier molecular flexibility index (Phi) is 3.83. The summed E-state index contributed by atoms with van der Waals surface area (Å²) in [6, 6.07) is 5.68. The third-order valence-corrected chi connectivity index (χ3v) is 3.96. The number of hydrogen-bond acceptors (Lipinski definition) is 3. The number of hydrogen-bond donors (Lipinski definition) is 1. The van der Waals surface area contributed by atoms with Gasteiger partial charge in [-0.1, -0.05) is 11.6 Å². The third kappa shape index (κ3) is 2.57. The lowest BCUT2D eigenvalue weighted by Gasteiger charge is -2.19. The van der Waals surface area contributed by atoms with E-state index in [-0.39, 0.29) is 12.1 Å². The van der Waals surface area contributed by atoms with E-state index in [0.717, 1.165) is 22.9 Å². The van der Waals surface area contributed by atoms with Crippen LogP contribution in [0.25, 0.3) is 10.9 Å². The first-order valence-electron chi connectivity index (χ1n) is 7.25. The maximum Gasteiger partial charge on any atom is 0.323 e. The molecule has 2 heterocycles. The maximum atomic E-state index is 12.3. The maximum absolute atomic E-state index is 12.3. The van der Waals surface area contributed by atoms with Crippen LogP contribution in [0.2, 0.25) is 5.02 Å². The van der Waals surface area contributed by atoms with Crippen molar-refractivity contribution in [3.8, 4) is 5.75 Å². The standard InChI is InChI=1S/C16H18ClN3O2/c1-9(2)18-16(21)20-5-4-10-6-11-7-14(22-3)12(17)8-13(11)19-15(10)20/h6-9H,4-5H2,1-3H3,(H,18,21). The number of benzene rings is 1. The molecule has 1 N–H and O–H groups in total. The van der Waals surface area contributed by atoms with Gasteiger partial charge in [-0.15, -0.1) is 0 Å². The van der Waals surface area contributed by atoms with Gasteiger partial charge < -0.3 is 10.1 Å². The molecule has 0 atom stereocenters. The van der Waals surface area contributed by atoms with Gasteiger partial charge in [-0.2, -0.15) is 0 Å². The number of nitrogens with zero attached hydrogens (tertiary/aromatic N) is 2. The topological polar surface area (TPSA) is 54.5 Å². The van der Waals surface area contributed by atoms with E-state index in [4.69, 9.17) is 16.3 Å². The van der Waals surface area contributed by atoms with Crippen molar-refractivity contribution in [1.82, 2.24) is 10.3 Å². The highest BCUT2D eigenvalue weighted by atomic mass is 35.5. The molecule has 1 aliphatic rings. The monoisotopic (exact) mass is 319 g/mol. The Hall–Kier alpha value is -2.01. The Morgan fingerprint density at radius 3 is 2.86 bits per heavy atom. The number of nitrogens with one attached hydrogen (secondary N) is 1. The van der Waals surface area contributed by atoms with Gasteiger partial charge in [0.05, 0.1) is 17.6 Å². The molecule has 0 spiro atoms. The van der Waals surface area contributed by atoms with E-state index < -0.39 is 0 Å². The van der Waals surface area contributed by atoms with Gasteiger partial charge in [0, 0.05) is 18.0 Å². The first-order valence-corrected chi connectivity index (χ1v) is 7.62. The summed E-state index contributed by atoms with van der Waals surface area (Å²) in [7, 11) is 1.59. The second kappa shape index (κ2) is 5.65. The van der Waals surface area contributed by atoms with E-state index in [1.165, 1.54) is 0 Å². The van der Waals surface area contributed by atoms with E-state index in [1.54, 1.807) is 18.1 Å². The fourth-order valence-corrected chi connectivity index (χ4v) is 2.88. The first kappa shape index (κ1) is 14.9. The predicted molar refractivity (Wildman–Crippen MR) is 88.0 cm³/mol. The van der Waals surface area contributed by atoms with Gasteiger partial charge in [-0.25, -0.2) is 9.78 Å². The zero-order chi connectivity index (χ0) is 15.9. The molecule has 22 heavy (non-hydrogen) atoms. The van der Waals surface area contributed by atoms with Gasteiger partial charge in [0.1, 0.15) is 11.6 Å². The van der Waals surface area contributed by atoms with Crippen LogP contribution in [0.5, 0.6) is 5.75 Å². The van der Waals surface area contributed by atoms with Crippen LogP contribution in [0.1, 0.15) is 19.4 Å². The van der Waals surface area contributed by atoms with Crippen molar-refractivity contribution in [2.45, 2.75) is 26.3 Å². The van der Waals surface area contributed by atoms with Crippen LogP contribution in [0, 0.1) is 0 Å². The van der Waals surface area contributed by atoms with Crippen LogP contribution in [-0.4, -0.2) is 30.7 Å². The van der Waals surface area contributed by atoms with Crippen molar-refractivity contribution >= 4 is 34.4 Å². The van der Waals surface area contributed by atoms with Crippen LogP contribution in [0.4, 0.5) is 10.6 Å².